The quantitative estimate of drug-likeness (QED) is 0.808. The summed E-state index contributed by atoms with van der Waals surface area (Å²) in [5, 5.41) is 2.65. The van der Waals surface area contributed by atoms with E-state index in [9.17, 15) is 9.59 Å². The molecular formula is C14H20ClN3O2. The summed E-state index contributed by atoms with van der Waals surface area (Å²) in [6.45, 7) is 1.19. The average molecular weight is 298 g/mol. The second-order valence-corrected chi connectivity index (χ2v) is 4.83. The Bertz CT molecular complexity index is 476. The minimum atomic E-state index is -0.100. The molecule has 1 atom stereocenters. The first kappa shape index (κ1) is 16.3. The maximum absolute atomic E-state index is 12.3. The van der Waals surface area contributed by atoms with Crippen LogP contribution < -0.4 is 11.1 Å². The van der Waals surface area contributed by atoms with Crippen molar-refractivity contribution in [2.75, 3.05) is 25.9 Å². The van der Waals surface area contributed by atoms with Crippen LogP contribution in [0.25, 0.3) is 0 Å². The molecule has 1 heterocycles. The van der Waals surface area contributed by atoms with Gasteiger partial charge in [0.25, 0.3) is 5.91 Å². The van der Waals surface area contributed by atoms with E-state index in [1.807, 2.05) is 0 Å². The van der Waals surface area contributed by atoms with Crippen molar-refractivity contribution in [3.8, 4) is 0 Å². The fraction of sp³-hybridized carbons (Fsp3) is 0.429. The van der Waals surface area contributed by atoms with Gasteiger partial charge in [0.2, 0.25) is 5.91 Å². The van der Waals surface area contributed by atoms with Crippen LogP contribution in [-0.2, 0) is 4.79 Å². The Labute approximate surface area is 124 Å². The molecule has 1 aliphatic heterocycles. The third kappa shape index (κ3) is 3.63. The van der Waals surface area contributed by atoms with Crippen molar-refractivity contribution in [2.24, 2.45) is 5.92 Å². The molecule has 1 aromatic rings. The van der Waals surface area contributed by atoms with Crippen LogP contribution in [0.1, 0.15) is 23.2 Å². The lowest BCUT2D eigenvalue weighted by Gasteiger charge is -2.31. The summed E-state index contributed by atoms with van der Waals surface area (Å²) in [5.41, 5.74) is 6.86. The van der Waals surface area contributed by atoms with Crippen LogP contribution in [0, 0.1) is 5.92 Å². The fourth-order valence-electron chi connectivity index (χ4n) is 2.39. The van der Waals surface area contributed by atoms with Gasteiger partial charge in [0, 0.05) is 31.4 Å². The molecule has 5 nitrogen and oxygen atoms in total. The molecular weight excluding hydrogens is 278 g/mol. The largest absolute Gasteiger partial charge is 0.399 e. The lowest BCUT2D eigenvalue weighted by Crippen LogP contribution is -2.44. The van der Waals surface area contributed by atoms with Crippen LogP contribution in [0.15, 0.2) is 24.3 Å². The van der Waals surface area contributed by atoms with E-state index < -0.39 is 0 Å². The molecule has 0 radical (unpaired) electrons. The van der Waals surface area contributed by atoms with Gasteiger partial charge >= 0.3 is 0 Å². The monoisotopic (exact) mass is 297 g/mol. The summed E-state index contributed by atoms with van der Waals surface area (Å²) >= 11 is 0. The Kier molecular flexibility index (Phi) is 5.82. The molecule has 20 heavy (non-hydrogen) atoms. The van der Waals surface area contributed by atoms with Gasteiger partial charge in [-0.15, -0.1) is 12.4 Å². The first-order chi connectivity index (χ1) is 9.11. The number of nitrogens with zero attached hydrogens (tertiary/aromatic N) is 1. The number of hydrogen-bond donors (Lipinski definition) is 2. The number of hydrogen-bond acceptors (Lipinski definition) is 3. The van der Waals surface area contributed by atoms with Crippen LogP contribution >= 0.6 is 12.4 Å². The highest BCUT2D eigenvalue weighted by Gasteiger charge is 2.28. The number of nitrogen functional groups attached to an aromatic ring is 1. The molecule has 0 aromatic heterocycles. The topological polar surface area (TPSA) is 75.4 Å². The van der Waals surface area contributed by atoms with Crippen molar-refractivity contribution in [3.05, 3.63) is 29.8 Å². The van der Waals surface area contributed by atoms with Crippen LogP contribution in [0.2, 0.25) is 0 Å². The lowest BCUT2D eigenvalue weighted by molar-refractivity contribution is -0.125. The second kappa shape index (κ2) is 7.14. The van der Waals surface area contributed by atoms with Gasteiger partial charge < -0.3 is 16.0 Å². The third-order valence-corrected chi connectivity index (χ3v) is 3.48. The van der Waals surface area contributed by atoms with E-state index in [2.05, 4.69) is 5.32 Å². The van der Waals surface area contributed by atoms with E-state index >= 15 is 0 Å². The number of piperidine rings is 1. The normalized spacial score (nSPS) is 18.1. The predicted octanol–water partition coefficient (Wildman–Crippen LogP) is 1.29. The molecule has 6 heteroatoms. The van der Waals surface area contributed by atoms with E-state index in [1.165, 1.54) is 0 Å². The number of amides is 2. The molecule has 1 fully saturated rings. The Morgan fingerprint density at radius 2 is 1.95 bits per heavy atom. The SMILES string of the molecule is CNC(=O)C1CCCN(C(=O)c2ccc(N)cc2)C1.Cl. The average Bonchev–Trinajstić information content (AvgIpc) is 2.46. The van der Waals surface area contributed by atoms with Gasteiger partial charge in [-0.3, -0.25) is 9.59 Å². The smallest absolute Gasteiger partial charge is 0.253 e. The Balaban J connectivity index is 0.00000200. The first-order valence-corrected chi connectivity index (χ1v) is 6.48. The summed E-state index contributed by atoms with van der Waals surface area (Å²) in [7, 11) is 1.63. The summed E-state index contributed by atoms with van der Waals surface area (Å²) < 4.78 is 0. The van der Waals surface area contributed by atoms with Gasteiger partial charge in [0.1, 0.15) is 0 Å². The molecule has 2 amide bonds. The van der Waals surface area contributed by atoms with Gasteiger partial charge in [-0.05, 0) is 37.1 Å². The van der Waals surface area contributed by atoms with Crippen LogP contribution in [0.3, 0.4) is 0 Å². The van der Waals surface area contributed by atoms with Gasteiger partial charge in [-0.2, -0.15) is 0 Å². The molecule has 1 saturated heterocycles. The summed E-state index contributed by atoms with van der Waals surface area (Å²) in [5.74, 6) is -0.125. The number of halogens is 1. The predicted molar refractivity (Wildman–Crippen MR) is 80.8 cm³/mol. The Morgan fingerprint density at radius 3 is 2.55 bits per heavy atom. The molecule has 0 bridgehead atoms. The fourth-order valence-corrected chi connectivity index (χ4v) is 2.39. The highest BCUT2D eigenvalue weighted by Crippen LogP contribution is 2.19. The van der Waals surface area contributed by atoms with E-state index in [0.29, 0.717) is 24.3 Å². The van der Waals surface area contributed by atoms with Crippen LogP contribution in [-0.4, -0.2) is 36.9 Å². The molecule has 1 aliphatic rings. The van der Waals surface area contributed by atoms with Crippen molar-refractivity contribution in [1.29, 1.82) is 0 Å². The lowest BCUT2D eigenvalue weighted by atomic mass is 9.96. The zero-order valence-corrected chi connectivity index (χ0v) is 12.3. The second-order valence-electron chi connectivity index (χ2n) is 4.83. The number of likely N-dealkylation sites (tertiary alicyclic amines) is 1. The number of carbonyl (C=O) groups excluding carboxylic acids is 2. The highest BCUT2D eigenvalue weighted by atomic mass is 35.5. The van der Waals surface area contributed by atoms with Gasteiger partial charge in [-0.25, -0.2) is 0 Å². The van der Waals surface area contributed by atoms with Crippen LogP contribution in [0.5, 0.6) is 0 Å². The van der Waals surface area contributed by atoms with E-state index in [-0.39, 0.29) is 30.1 Å². The molecule has 3 N–H and O–H groups in total. The molecule has 1 aromatic carbocycles. The van der Waals surface area contributed by atoms with Crippen LogP contribution in [0.4, 0.5) is 5.69 Å². The zero-order chi connectivity index (χ0) is 13.8. The van der Waals surface area contributed by atoms with E-state index in [4.69, 9.17) is 5.73 Å². The molecule has 0 saturated carbocycles. The molecule has 2 rings (SSSR count). The van der Waals surface area contributed by atoms with Crippen molar-refractivity contribution in [1.82, 2.24) is 10.2 Å². The molecule has 1 unspecified atom stereocenters. The summed E-state index contributed by atoms with van der Waals surface area (Å²) in [4.78, 5) is 25.7. The van der Waals surface area contributed by atoms with Crippen molar-refractivity contribution >= 4 is 29.9 Å². The van der Waals surface area contributed by atoms with Gasteiger partial charge in [0.15, 0.2) is 0 Å². The van der Waals surface area contributed by atoms with Crippen molar-refractivity contribution in [2.45, 2.75) is 12.8 Å². The van der Waals surface area contributed by atoms with Crippen molar-refractivity contribution < 1.29 is 9.59 Å². The minimum absolute atomic E-state index is 0. The molecule has 0 spiro atoms. The third-order valence-electron chi connectivity index (χ3n) is 3.48. The number of nitrogens with two attached hydrogens (primary N) is 1. The number of rotatable bonds is 2. The standard InChI is InChI=1S/C14H19N3O2.ClH/c1-16-13(18)11-3-2-8-17(9-11)14(19)10-4-6-12(15)7-5-10;/h4-7,11H,2-3,8-9,15H2,1H3,(H,16,18);1H. The minimum Gasteiger partial charge on any atom is -0.399 e. The Morgan fingerprint density at radius 1 is 1.30 bits per heavy atom. The zero-order valence-electron chi connectivity index (χ0n) is 11.5. The number of nitrogens with one attached hydrogen (secondary N) is 1. The molecule has 0 aliphatic carbocycles. The molecule has 110 valence electrons. The van der Waals surface area contributed by atoms with E-state index in [0.717, 1.165) is 12.8 Å². The highest BCUT2D eigenvalue weighted by molar-refractivity contribution is 5.95. The summed E-state index contributed by atoms with van der Waals surface area (Å²) in [6.07, 6.45) is 1.70. The van der Waals surface area contributed by atoms with E-state index in [1.54, 1.807) is 36.2 Å². The maximum atomic E-state index is 12.3. The van der Waals surface area contributed by atoms with Crippen molar-refractivity contribution in [3.63, 3.8) is 0 Å². The number of anilines is 1. The number of carbonyl (C=O) groups is 2. The maximum Gasteiger partial charge on any atom is 0.253 e. The number of benzene rings is 1. The van der Waals surface area contributed by atoms with Gasteiger partial charge in [0.05, 0.1) is 5.92 Å². The Hall–Kier alpha value is -1.75. The first-order valence-electron chi connectivity index (χ1n) is 6.48. The summed E-state index contributed by atoms with van der Waals surface area (Å²) in [6, 6.07) is 6.88. The van der Waals surface area contributed by atoms with Gasteiger partial charge in [-0.1, -0.05) is 0 Å².